The van der Waals surface area contributed by atoms with Crippen LogP contribution in [-0.4, -0.2) is 37.9 Å². The maximum atomic E-state index is 13.4. The third kappa shape index (κ3) is 4.87. The van der Waals surface area contributed by atoms with E-state index in [1.54, 1.807) is 13.1 Å². The van der Waals surface area contributed by atoms with Gasteiger partial charge in [-0.2, -0.15) is 0 Å². The summed E-state index contributed by atoms with van der Waals surface area (Å²) in [6.45, 7) is 4.79. The first kappa shape index (κ1) is 18.9. The molecule has 1 aliphatic rings. The van der Waals surface area contributed by atoms with Gasteiger partial charge in [-0.15, -0.1) is 0 Å². The highest BCUT2D eigenvalue weighted by molar-refractivity contribution is 7.89. The lowest BCUT2D eigenvalue weighted by molar-refractivity contribution is 0.178. The van der Waals surface area contributed by atoms with Crippen LogP contribution in [0.15, 0.2) is 47.6 Å². The largest absolute Gasteiger partial charge is 0.299 e. The van der Waals surface area contributed by atoms with E-state index < -0.39 is 15.8 Å². The molecule has 0 atom stereocenters. The van der Waals surface area contributed by atoms with E-state index in [-0.39, 0.29) is 4.90 Å². The minimum atomic E-state index is -3.69. The van der Waals surface area contributed by atoms with Crippen molar-refractivity contribution in [2.45, 2.75) is 31.2 Å². The Morgan fingerprint density at radius 3 is 2.73 bits per heavy atom. The highest BCUT2D eigenvalue weighted by atomic mass is 32.2. The highest BCUT2D eigenvalue weighted by Crippen LogP contribution is 2.20. The van der Waals surface area contributed by atoms with Crippen LogP contribution in [0.3, 0.4) is 0 Å². The number of sulfonamides is 1. The van der Waals surface area contributed by atoms with Gasteiger partial charge in [0.1, 0.15) is 5.82 Å². The van der Waals surface area contributed by atoms with Gasteiger partial charge in [0.25, 0.3) is 0 Å². The summed E-state index contributed by atoms with van der Waals surface area (Å²) in [5.74, 6) is -0.247. The molecule has 2 heterocycles. The number of nitrogens with zero attached hydrogens (tertiary/aromatic N) is 2. The molecule has 0 radical (unpaired) electrons. The molecule has 2 aromatic rings. The van der Waals surface area contributed by atoms with E-state index >= 15 is 0 Å². The van der Waals surface area contributed by atoms with E-state index in [4.69, 9.17) is 0 Å². The summed E-state index contributed by atoms with van der Waals surface area (Å²) in [5.41, 5.74) is 1.73. The second-order valence-electron chi connectivity index (χ2n) is 6.84. The van der Waals surface area contributed by atoms with Gasteiger partial charge in [-0.25, -0.2) is 17.5 Å². The number of aryl methyl sites for hydroxylation is 1. The van der Waals surface area contributed by atoms with E-state index in [0.717, 1.165) is 38.5 Å². The third-order valence-corrected chi connectivity index (χ3v) is 6.40. The Morgan fingerprint density at radius 2 is 2.04 bits per heavy atom. The standard InChI is InChI=1S/C19H24FN3O2S/c1-15-4-5-18(20)11-19(15)26(24,25)22-13-16-6-9-23(10-7-16)14-17-3-2-8-21-12-17/h2-5,8,11-12,16,22H,6-7,9-10,13-14H2,1H3. The Hall–Kier alpha value is -1.83. The van der Waals surface area contributed by atoms with Crippen LogP contribution >= 0.6 is 0 Å². The number of piperidine rings is 1. The molecule has 7 heteroatoms. The molecule has 140 valence electrons. The van der Waals surface area contributed by atoms with Crippen LogP contribution in [0.4, 0.5) is 4.39 Å². The van der Waals surface area contributed by atoms with E-state index in [1.165, 1.54) is 17.7 Å². The van der Waals surface area contributed by atoms with Crippen LogP contribution < -0.4 is 4.72 Å². The molecule has 0 amide bonds. The maximum Gasteiger partial charge on any atom is 0.240 e. The van der Waals surface area contributed by atoms with Crippen molar-refractivity contribution in [3.8, 4) is 0 Å². The monoisotopic (exact) mass is 377 g/mol. The summed E-state index contributed by atoms with van der Waals surface area (Å²) >= 11 is 0. The molecule has 0 bridgehead atoms. The average Bonchev–Trinajstić information content (AvgIpc) is 2.64. The molecule has 5 nitrogen and oxygen atoms in total. The third-order valence-electron chi connectivity index (χ3n) is 4.84. The number of hydrogen-bond acceptors (Lipinski definition) is 4. The molecule has 1 fully saturated rings. The van der Waals surface area contributed by atoms with Gasteiger partial charge in [-0.3, -0.25) is 9.88 Å². The van der Waals surface area contributed by atoms with E-state index in [0.29, 0.717) is 18.0 Å². The van der Waals surface area contributed by atoms with Gasteiger partial charge in [-0.1, -0.05) is 12.1 Å². The Bertz CT molecular complexity index is 835. The predicted octanol–water partition coefficient (Wildman–Crippen LogP) is 2.72. The minimum Gasteiger partial charge on any atom is -0.299 e. The summed E-state index contributed by atoms with van der Waals surface area (Å²) in [6, 6.07) is 7.83. The van der Waals surface area contributed by atoms with E-state index in [1.807, 2.05) is 12.3 Å². The molecule has 1 aromatic heterocycles. The van der Waals surface area contributed by atoms with Crippen molar-refractivity contribution in [1.82, 2.24) is 14.6 Å². The molecule has 1 N–H and O–H groups in total. The summed E-state index contributed by atoms with van der Waals surface area (Å²) in [5, 5.41) is 0. The number of nitrogens with one attached hydrogen (secondary N) is 1. The molecule has 0 spiro atoms. The first-order valence-electron chi connectivity index (χ1n) is 8.81. The zero-order chi connectivity index (χ0) is 18.6. The van der Waals surface area contributed by atoms with Crippen molar-refractivity contribution in [3.63, 3.8) is 0 Å². The molecule has 0 unspecified atom stereocenters. The number of likely N-dealkylation sites (tertiary alicyclic amines) is 1. The number of pyridine rings is 1. The molecule has 1 saturated heterocycles. The Labute approximate surface area is 154 Å². The molecule has 1 aromatic carbocycles. The predicted molar refractivity (Wildman–Crippen MR) is 98.6 cm³/mol. The average molecular weight is 377 g/mol. The summed E-state index contributed by atoms with van der Waals surface area (Å²) in [4.78, 5) is 6.51. The van der Waals surface area contributed by atoms with Gasteiger partial charge < -0.3 is 0 Å². The van der Waals surface area contributed by atoms with E-state index in [2.05, 4.69) is 20.7 Å². The molecular weight excluding hydrogens is 353 g/mol. The number of hydrogen-bond donors (Lipinski definition) is 1. The highest BCUT2D eigenvalue weighted by Gasteiger charge is 2.23. The van der Waals surface area contributed by atoms with Gasteiger partial charge >= 0.3 is 0 Å². The second kappa shape index (κ2) is 8.24. The molecule has 1 aliphatic heterocycles. The Kier molecular flexibility index (Phi) is 6.01. The van der Waals surface area contributed by atoms with Crippen molar-refractivity contribution in [2.24, 2.45) is 5.92 Å². The van der Waals surface area contributed by atoms with Crippen LogP contribution in [0.2, 0.25) is 0 Å². The first-order valence-corrected chi connectivity index (χ1v) is 10.3. The van der Waals surface area contributed by atoms with Crippen molar-refractivity contribution < 1.29 is 12.8 Å². The smallest absolute Gasteiger partial charge is 0.240 e. The second-order valence-corrected chi connectivity index (χ2v) is 8.58. The summed E-state index contributed by atoms with van der Waals surface area (Å²) in [6.07, 6.45) is 5.51. The minimum absolute atomic E-state index is 0.0199. The summed E-state index contributed by atoms with van der Waals surface area (Å²) < 4.78 is 41.0. The molecule has 0 aliphatic carbocycles. The maximum absolute atomic E-state index is 13.4. The lowest BCUT2D eigenvalue weighted by Gasteiger charge is -2.32. The van der Waals surface area contributed by atoms with Gasteiger partial charge in [0.15, 0.2) is 0 Å². The van der Waals surface area contributed by atoms with Crippen molar-refractivity contribution in [2.75, 3.05) is 19.6 Å². The first-order chi connectivity index (χ1) is 12.4. The fraction of sp³-hybridized carbons (Fsp3) is 0.421. The number of rotatable bonds is 6. The molecular formula is C19H24FN3O2S. The van der Waals surface area contributed by atoms with Gasteiger partial charge in [0.05, 0.1) is 4.90 Å². The van der Waals surface area contributed by atoms with Crippen molar-refractivity contribution in [3.05, 3.63) is 59.7 Å². The van der Waals surface area contributed by atoms with Crippen LogP contribution in [0.5, 0.6) is 0 Å². The molecule has 0 saturated carbocycles. The van der Waals surface area contributed by atoms with Gasteiger partial charge in [0.2, 0.25) is 10.0 Å². The van der Waals surface area contributed by atoms with Crippen LogP contribution in [0, 0.1) is 18.7 Å². The fourth-order valence-electron chi connectivity index (χ4n) is 3.27. The number of halogens is 1. The van der Waals surface area contributed by atoms with Crippen LogP contribution in [0.25, 0.3) is 0 Å². The van der Waals surface area contributed by atoms with Crippen LogP contribution in [0.1, 0.15) is 24.0 Å². The Balaban J connectivity index is 1.51. The lowest BCUT2D eigenvalue weighted by atomic mass is 9.97. The van der Waals surface area contributed by atoms with Crippen molar-refractivity contribution in [1.29, 1.82) is 0 Å². The zero-order valence-electron chi connectivity index (χ0n) is 14.9. The quantitative estimate of drug-likeness (QED) is 0.841. The zero-order valence-corrected chi connectivity index (χ0v) is 15.7. The van der Waals surface area contributed by atoms with E-state index in [9.17, 15) is 12.8 Å². The van der Waals surface area contributed by atoms with Crippen LogP contribution in [-0.2, 0) is 16.6 Å². The number of aromatic nitrogens is 1. The Morgan fingerprint density at radius 1 is 1.27 bits per heavy atom. The summed E-state index contributed by atoms with van der Waals surface area (Å²) in [7, 11) is -3.69. The van der Waals surface area contributed by atoms with Gasteiger partial charge in [0, 0.05) is 25.5 Å². The SMILES string of the molecule is Cc1ccc(F)cc1S(=O)(=O)NCC1CCN(Cc2cccnc2)CC1. The normalized spacial score (nSPS) is 16.7. The molecule has 3 rings (SSSR count). The molecule has 26 heavy (non-hydrogen) atoms. The topological polar surface area (TPSA) is 62.3 Å². The fourth-order valence-corrected chi connectivity index (χ4v) is 4.64. The lowest BCUT2D eigenvalue weighted by Crippen LogP contribution is -2.38. The van der Waals surface area contributed by atoms with Gasteiger partial charge in [-0.05, 0) is 68.1 Å². The number of benzene rings is 1. The van der Waals surface area contributed by atoms with Crippen molar-refractivity contribution >= 4 is 10.0 Å².